The molecule has 0 aliphatic rings. The van der Waals surface area contributed by atoms with Crippen LogP contribution in [-0.2, 0) is 13.0 Å². The number of rotatable bonds is 5. The van der Waals surface area contributed by atoms with Crippen molar-refractivity contribution in [1.29, 1.82) is 0 Å². The molecule has 0 fully saturated rings. The Hall–Kier alpha value is -2.13. The molecule has 0 amide bonds. The Morgan fingerprint density at radius 2 is 1.75 bits per heavy atom. The predicted octanol–water partition coefficient (Wildman–Crippen LogP) is 2.85. The fraction of sp³-hybridized carbons (Fsp3) is 0.235. The van der Waals surface area contributed by atoms with Crippen molar-refractivity contribution in [2.75, 3.05) is 13.6 Å². The van der Waals surface area contributed by atoms with Crippen molar-refractivity contribution < 1.29 is 0 Å². The Morgan fingerprint density at radius 1 is 1.00 bits per heavy atom. The number of fused-ring (bicyclic) bond motifs is 1. The van der Waals surface area contributed by atoms with E-state index in [1.165, 1.54) is 16.6 Å². The van der Waals surface area contributed by atoms with Gasteiger partial charge in [0.05, 0.1) is 17.4 Å². The van der Waals surface area contributed by atoms with E-state index < -0.39 is 0 Å². The monoisotopic (exact) mass is 265 g/mol. The first-order valence-electron chi connectivity index (χ1n) is 7.00. The molecule has 3 aromatic rings. The van der Waals surface area contributed by atoms with E-state index in [-0.39, 0.29) is 0 Å². The zero-order valence-electron chi connectivity index (χ0n) is 11.7. The highest BCUT2D eigenvalue weighted by atomic mass is 15.0. The van der Waals surface area contributed by atoms with Crippen molar-refractivity contribution >= 4 is 11.0 Å². The van der Waals surface area contributed by atoms with Gasteiger partial charge >= 0.3 is 0 Å². The van der Waals surface area contributed by atoms with Gasteiger partial charge < -0.3 is 9.88 Å². The lowest BCUT2D eigenvalue weighted by Gasteiger charge is -2.10. The predicted molar refractivity (Wildman–Crippen MR) is 82.9 cm³/mol. The Morgan fingerprint density at radius 3 is 2.60 bits per heavy atom. The highest BCUT2D eigenvalue weighted by Gasteiger charge is 2.05. The average Bonchev–Trinajstić information content (AvgIpc) is 2.90. The van der Waals surface area contributed by atoms with Crippen LogP contribution < -0.4 is 5.32 Å². The fourth-order valence-electron chi connectivity index (χ4n) is 2.54. The molecule has 1 heterocycles. The SMILES string of the molecule is CNCCc1ccccc1Cn1cnc2ccccc21. The van der Waals surface area contributed by atoms with Crippen molar-refractivity contribution in [2.45, 2.75) is 13.0 Å². The summed E-state index contributed by atoms with van der Waals surface area (Å²) in [6, 6.07) is 16.9. The van der Waals surface area contributed by atoms with Crippen LogP contribution in [0.1, 0.15) is 11.1 Å². The molecular formula is C17H19N3. The van der Waals surface area contributed by atoms with Crippen molar-refractivity contribution in [1.82, 2.24) is 14.9 Å². The molecule has 0 spiro atoms. The number of nitrogens with zero attached hydrogens (tertiary/aromatic N) is 2. The van der Waals surface area contributed by atoms with Crippen molar-refractivity contribution in [2.24, 2.45) is 0 Å². The number of hydrogen-bond acceptors (Lipinski definition) is 2. The van der Waals surface area contributed by atoms with Gasteiger partial charge in [-0.25, -0.2) is 4.98 Å². The Bertz CT molecular complexity index is 700. The van der Waals surface area contributed by atoms with Crippen LogP contribution in [0.25, 0.3) is 11.0 Å². The minimum absolute atomic E-state index is 0.875. The van der Waals surface area contributed by atoms with Gasteiger partial charge in [0.2, 0.25) is 0 Å². The maximum atomic E-state index is 4.46. The van der Waals surface area contributed by atoms with E-state index in [1.807, 2.05) is 19.4 Å². The van der Waals surface area contributed by atoms with E-state index in [2.05, 4.69) is 57.3 Å². The number of para-hydroxylation sites is 2. The van der Waals surface area contributed by atoms with Crippen molar-refractivity contribution in [3.05, 3.63) is 66.0 Å². The molecule has 0 atom stereocenters. The second-order valence-electron chi connectivity index (χ2n) is 4.98. The van der Waals surface area contributed by atoms with Crippen LogP contribution in [0.3, 0.4) is 0 Å². The lowest BCUT2D eigenvalue weighted by Crippen LogP contribution is -2.12. The van der Waals surface area contributed by atoms with Gasteiger partial charge in [0, 0.05) is 6.54 Å². The largest absolute Gasteiger partial charge is 0.326 e. The first kappa shape index (κ1) is 12.9. The second-order valence-corrected chi connectivity index (χ2v) is 4.98. The number of aromatic nitrogens is 2. The molecule has 3 nitrogen and oxygen atoms in total. The number of likely N-dealkylation sites (N-methyl/N-ethyl adjacent to an activating group) is 1. The van der Waals surface area contributed by atoms with Crippen molar-refractivity contribution in [3.8, 4) is 0 Å². The van der Waals surface area contributed by atoms with Gasteiger partial charge in [0.25, 0.3) is 0 Å². The van der Waals surface area contributed by atoms with Gasteiger partial charge in [-0.15, -0.1) is 0 Å². The molecule has 0 radical (unpaired) electrons. The van der Waals surface area contributed by atoms with Crippen LogP contribution in [0.2, 0.25) is 0 Å². The van der Waals surface area contributed by atoms with E-state index in [0.717, 1.165) is 25.0 Å². The maximum Gasteiger partial charge on any atom is 0.0961 e. The molecule has 0 saturated heterocycles. The minimum Gasteiger partial charge on any atom is -0.326 e. The van der Waals surface area contributed by atoms with Gasteiger partial charge in [0.15, 0.2) is 0 Å². The summed E-state index contributed by atoms with van der Waals surface area (Å²) in [5.74, 6) is 0. The van der Waals surface area contributed by atoms with E-state index in [1.54, 1.807) is 0 Å². The van der Waals surface area contributed by atoms with Gasteiger partial charge in [-0.3, -0.25) is 0 Å². The van der Waals surface area contributed by atoms with Crippen LogP contribution in [0, 0.1) is 0 Å². The summed E-state index contributed by atoms with van der Waals surface area (Å²) in [4.78, 5) is 4.46. The molecule has 0 aliphatic heterocycles. The Kier molecular flexibility index (Phi) is 3.79. The molecule has 3 rings (SSSR count). The summed E-state index contributed by atoms with van der Waals surface area (Å²) in [6.07, 6.45) is 2.98. The molecule has 1 N–H and O–H groups in total. The quantitative estimate of drug-likeness (QED) is 0.769. The van der Waals surface area contributed by atoms with E-state index >= 15 is 0 Å². The first-order valence-corrected chi connectivity index (χ1v) is 7.00. The molecule has 0 saturated carbocycles. The van der Waals surface area contributed by atoms with Crippen LogP contribution >= 0.6 is 0 Å². The highest BCUT2D eigenvalue weighted by Crippen LogP contribution is 2.16. The molecule has 3 heteroatoms. The van der Waals surface area contributed by atoms with Crippen LogP contribution in [0.5, 0.6) is 0 Å². The number of benzene rings is 2. The third-order valence-corrected chi connectivity index (χ3v) is 3.63. The van der Waals surface area contributed by atoms with E-state index in [0.29, 0.717) is 0 Å². The molecule has 2 aromatic carbocycles. The topological polar surface area (TPSA) is 29.9 Å². The van der Waals surface area contributed by atoms with E-state index in [4.69, 9.17) is 0 Å². The summed E-state index contributed by atoms with van der Waals surface area (Å²) in [7, 11) is 1.99. The smallest absolute Gasteiger partial charge is 0.0961 e. The minimum atomic E-state index is 0.875. The van der Waals surface area contributed by atoms with Gasteiger partial charge in [-0.1, -0.05) is 36.4 Å². The third-order valence-electron chi connectivity index (χ3n) is 3.63. The number of hydrogen-bond donors (Lipinski definition) is 1. The lowest BCUT2D eigenvalue weighted by atomic mass is 10.0. The molecule has 20 heavy (non-hydrogen) atoms. The first-order chi connectivity index (χ1) is 9.88. The molecule has 0 bridgehead atoms. The number of nitrogens with one attached hydrogen (secondary N) is 1. The Balaban J connectivity index is 1.91. The second kappa shape index (κ2) is 5.88. The van der Waals surface area contributed by atoms with Crippen molar-refractivity contribution in [3.63, 3.8) is 0 Å². The summed E-state index contributed by atoms with van der Waals surface area (Å²) >= 11 is 0. The van der Waals surface area contributed by atoms with Gasteiger partial charge in [-0.05, 0) is 43.3 Å². The number of imidazole rings is 1. The fourth-order valence-corrected chi connectivity index (χ4v) is 2.54. The summed E-state index contributed by atoms with van der Waals surface area (Å²) in [6.45, 7) is 1.88. The summed E-state index contributed by atoms with van der Waals surface area (Å²) in [5.41, 5.74) is 5.02. The average molecular weight is 265 g/mol. The van der Waals surface area contributed by atoms with Crippen LogP contribution in [-0.4, -0.2) is 23.1 Å². The summed E-state index contributed by atoms with van der Waals surface area (Å²) in [5, 5.41) is 3.21. The molecule has 0 unspecified atom stereocenters. The van der Waals surface area contributed by atoms with Gasteiger partial charge in [-0.2, -0.15) is 0 Å². The van der Waals surface area contributed by atoms with Crippen LogP contribution in [0.4, 0.5) is 0 Å². The molecular weight excluding hydrogens is 246 g/mol. The zero-order valence-corrected chi connectivity index (χ0v) is 11.7. The normalized spacial score (nSPS) is 11.1. The lowest BCUT2D eigenvalue weighted by molar-refractivity contribution is 0.765. The third kappa shape index (κ3) is 2.58. The summed E-state index contributed by atoms with van der Waals surface area (Å²) < 4.78 is 2.22. The molecule has 102 valence electrons. The maximum absolute atomic E-state index is 4.46. The zero-order chi connectivity index (χ0) is 13.8. The Labute approximate surface area is 119 Å². The van der Waals surface area contributed by atoms with Gasteiger partial charge in [0.1, 0.15) is 0 Å². The standard InChI is InChI=1S/C17H19N3/c1-18-11-10-14-6-2-3-7-15(14)12-20-13-19-16-8-4-5-9-17(16)20/h2-9,13,18H,10-12H2,1H3. The highest BCUT2D eigenvalue weighted by molar-refractivity contribution is 5.75. The molecule has 0 aliphatic carbocycles. The van der Waals surface area contributed by atoms with E-state index in [9.17, 15) is 0 Å². The molecule has 1 aromatic heterocycles. The van der Waals surface area contributed by atoms with Crippen LogP contribution in [0.15, 0.2) is 54.9 Å².